The molecule has 0 fully saturated rings. The monoisotopic (exact) mass is 281 g/mol. The summed E-state index contributed by atoms with van der Waals surface area (Å²) < 4.78 is 6.86. The van der Waals surface area contributed by atoms with Gasteiger partial charge in [-0.05, 0) is 23.8 Å². The minimum Gasteiger partial charge on any atom is -0.497 e. The Hall–Kier alpha value is -2.89. The summed E-state index contributed by atoms with van der Waals surface area (Å²) in [5.41, 5.74) is 2.97. The maximum Gasteiger partial charge on any atom is 0.118 e. The number of pyridine rings is 1. The molecule has 0 aliphatic rings. The molecule has 0 saturated heterocycles. The van der Waals surface area contributed by atoms with Gasteiger partial charge in [0.25, 0.3) is 0 Å². The van der Waals surface area contributed by atoms with E-state index in [2.05, 4.69) is 20.6 Å². The summed E-state index contributed by atoms with van der Waals surface area (Å²) in [5, 5.41) is 11.2. The summed E-state index contributed by atoms with van der Waals surface area (Å²) in [5.74, 6) is 0.850. The molecular formula is C15H15N5O. The molecule has 0 spiro atoms. The van der Waals surface area contributed by atoms with Crippen LogP contribution in [0.3, 0.4) is 0 Å². The SMILES string of the molecule is COc1ccc(CNc2cnccc2-n2ccnn2)cc1. The van der Waals surface area contributed by atoms with Gasteiger partial charge in [-0.15, -0.1) is 5.10 Å². The number of benzene rings is 1. The Morgan fingerprint density at radius 2 is 2.00 bits per heavy atom. The average Bonchev–Trinajstić information content (AvgIpc) is 3.08. The molecule has 0 saturated carbocycles. The third-order valence-electron chi connectivity index (χ3n) is 3.11. The van der Waals surface area contributed by atoms with E-state index in [-0.39, 0.29) is 0 Å². The van der Waals surface area contributed by atoms with Crippen LogP contribution in [-0.4, -0.2) is 27.1 Å². The van der Waals surface area contributed by atoms with Crippen LogP contribution in [0.4, 0.5) is 5.69 Å². The van der Waals surface area contributed by atoms with Gasteiger partial charge in [0.2, 0.25) is 0 Å². The molecule has 6 nitrogen and oxygen atoms in total. The van der Waals surface area contributed by atoms with Crippen LogP contribution in [0.25, 0.3) is 5.69 Å². The van der Waals surface area contributed by atoms with Gasteiger partial charge in [0.1, 0.15) is 5.75 Å². The van der Waals surface area contributed by atoms with E-state index in [1.165, 1.54) is 0 Å². The maximum atomic E-state index is 5.15. The zero-order chi connectivity index (χ0) is 14.5. The van der Waals surface area contributed by atoms with Crippen molar-refractivity contribution in [1.29, 1.82) is 0 Å². The van der Waals surface area contributed by atoms with Crippen molar-refractivity contribution in [1.82, 2.24) is 20.0 Å². The first-order valence-corrected chi connectivity index (χ1v) is 6.54. The fraction of sp³-hybridized carbons (Fsp3) is 0.133. The number of methoxy groups -OCH3 is 1. The van der Waals surface area contributed by atoms with Crippen LogP contribution in [0.15, 0.2) is 55.1 Å². The Morgan fingerprint density at radius 1 is 1.14 bits per heavy atom. The molecule has 0 unspecified atom stereocenters. The normalized spacial score (nSPS) is 10.3. The number of hydrogen-bond donors (Lipinski definition) is 1. The molecule has 2 heterocycles. The van der Waals surface area contributed by atoms with E-state index in [1.54, 1.807) is 36.6 Å². The molecule has 2 aromatic heterocycles. The Morgan fingerprint density at radius 3 is 2.71 bits per heavy atom. The number of aromatic nitrogens is 4. The molecule has 3 rings (SSSR count). The van der Waals surface area contributed by atoms with Crippen molar-refractivity contribution in [3.8, 4) is 11.4 Å². The Bertz CT molecular complexity index is 694. The highest BCUT2D eigenvalue weighted by molar-refractivity contribution is 5.58. The number of nitrogens with zero attached hydrogens (tertiary/aromatic N) is 4. The number of hydrogen-bond acceptors (Lipinski definition) is 5. The number of ether oxygens (including phenoxy) is 1. The van der Waals surface area contributed by atoms with E-state index in [4.69, 9.17) is 4.74 Å². The van der Waals surface area contributed by atoms with Crippen molar-refractivity contribution in [3.05, 3.63) is 60.7 Å². The second-order valence-electron chi connectivity index (χ2n) is 4.44. The van der Waals surface area contributed by atoms with Crippen LogP contribution in [-0.2, 0) is 6.54 Å². The first-order chi connectivity index (χ1) is 10.4. The van der Waals surface area contributed by atoms with E-state index in [9.17, 15) is 0 Å². The summed E-state index contributed by atoms with van der Waals surface area (Å²) in [7, 11) is 1.66. The lowest BCUT2D eigenvalue weighted by atomic mass is 10.2. The predicted molar refractivity (Wildman–Crippen MR) is 79.5 cm³/mol. The molecule has 0 radical (unpaired) electrons. The van der Waals surface area contributed by atoms with Crippen molar-refractivity contribution in [2.45, 2.75) is 6.54 Å². The highest BCUT2D eigenvalue weighted by atomic mass is 16.5. The molecule has 0 amide bonds. The third kappa shape index (κ3) is 3.00. The Kier molecular flexibility index (Phi) is 3.77. The van der Waals surface area contributed by atoms with Crippen LogP contribution >= 0.6 is 0 Å². The highest BCUT2D eigenvalue weighted by Gasteiger charge is 2.05. The average molecular weight is 281 g/mol. The van der Waals surface area contributed by atoms with Crippen molar-refractivity contribution < 1.29 is 4.74 Å². The maximum absolute atomic E-state index is 5.15. The fourth-order valence-electron chi connectivity index (χ4n) is 2.00. The summed E-state index contributed by atoms with van der Waals surface area (Å²) >= 11 is 0. The Labute approximate surface area is 122 Å². The van der Waals surface area contributed by atoms with Crippen molar-refractivity contribution in [2.75, 3.05) is 12.4 Å². The molecule has 1 aromatic carbocycles. The second kappa shape index (κ2) is 6.04. The summed E-state index contributed by atoms with van der Waals surface area (Å²) in [6.07, 6.45) is 6.96. The molecule has 106 valence electrons. The first-order valence-electron chi connectivity index (χ1n) is 6.54. The van der Waals surface area contributed by atoms with Crippen LogP contribution in [0.5, 0.6) is 5.75 Å². The molecule has 1 N–H and O–H groups in total. The van der Waals surface area contributed by atoms with E-state index in [0.717, 1.165) is 22.7 Å². The molecule has 3 aromatic rings. The van der Waals surface area contributed by atoms with E-state index < -0.39 is 0 Å². The largest absolute Gasteiger partial charge is 0.497 e. The van der Waals surface area contributed by atoms with Crippen LogP contribution < -0.4 is 10.1 Å². The first kappa shape index (κ1) is 13.1. The smallest absolute Gasteiger partial charge is 0.118 e. The van der Waals surface area contributed by atoms with Gasteiger partial charge in [-0.2, -0.15) is 0 Å². The fourth-order valence-corrected chi connectivity index (χ4v) is 2.00. The molecule has 0 aliphatic heterocycles. The lowest BCUT2D eigenvalue weighted by Gasteiger charge is -2.11. The van der Waals surface area contributed by atoms with Gasteiger partial charge in [-0.1, -0.05) is 17.3 Å². The quantitative estimate of drug-likeness (QED) is 0.777. The predicted octanol–water partition coefficient (Wildman–Crippen LogP) is 2.28. The third-order valence-corrected chi connectivity index (χ3v) is 3.11. The van der Waals surface area contributed by atoms with Gasteiger partial charge in [-0.3, -0.25) is 4.98 Å². The van der Waals surface area contributed by atoms with Gasteiger partial charge >= 0.3 is 0 Å². The van der Waals surface area contributed by atoms with Gasteiger partial charge in [0.05, 0.1) is 37.1 Å². The van der Waals surface area contributed by atoms with E-state index in [1.807, 2.05) is 30.3 Å². The van der Waals surface area contributed by atoms with Crippen molar-refractivity contribution in [3.63, 3.8) is 0 Å². The second-order valence-corrected chi connectivity index (χ2v) is 4.44. The number of nitrogens with one attached hydrogen (secondary N) is 1. The van der Waals surface area contributed by atoms with Crippen molar-refractivity contribution in [2.24, 2.45) is 0 Å². The molecular weight excluding hydrogens is 266 g/mol. The minimum atomic E-state index is 0.692. The number of rotatable bonds is 5. The molecule has 0 atom stereocenters. The minimum absolute atomic E-state index is 0.692. The summed E-state index contributed by atoms with van der Waals surface area (Å²) in [4.78, 5) is 4.15. The zero-order valence-corrected chi connectivity index (χ0v) is 11.6. The van der Waals surface area contributed by atoms with Crippen molar-refractivity contribution >= 4 is 5.69 Å². The van der Waals surface area contributed by atoms with Gasteiger partial charge in [-0.25, -0.2) is 4.68 Å². The topological polar surface area (TPSA) is 64.9 Å². The summed E-state index contributed by atoms with van der Waals surface area (Å²) in [6, 6.07) is 9.83. The lowest BCUT2D eigenvalue weighted by molar-refractivity contribution is 0.414. The van der Waals surface area contributed by atoms with Crippen LogP contribution in [0.1, 0.15) is 5.56 Å². The molecule has 0 aliphatic carbocycles. The molecule has 0 bridgehead atoms. The van der Waals surface area contributed by atoms with Crippen LogP contribution in [0, 0.1) is 0 Å². The standard InChI is InChI=1S/C15H15N5O/c1-21-13-4-2-12(3-5-13)10-17-14-11-16-7-6-15(14)20-9-8-18-19-20/h2-9,11,17H,10H2,1H3. The van der Waals surface area contributed by atoms with Crippen LogP contribution in [0.2, 0.25) is 0 Å². The highest BCUT2D eigenvalue weighted by Crippen LogP contribution is 2.19. The van der Waals surface area contributed by atoms with E-state index >= 15 is 0 Å². The summed E-state index contributed by atoms with van der Waals surface area (Å²) in [6.45, 7) is 0.692. The lowest BCUT2D eigenvalue weighted by Crippen LogP contribution is -2.05. The molecule has 21 heavy (non-hydrogen) atoms. The zero-order valence-electron chi connectivity index (χ0n) is 11.6. The Balaban J connectivity index is 1.76. The van der Waals surface area contributed by atoms with Gasteiger partial charge in [0.15, 0.2) is 0 Å². The number of anilines is 1. The van der Waals surface area contributed by atoms with E-state index in [0.29, 0.717) is 6.54 Å². The molecule has 6 heteroatoms. The van der Waals surface area contributed by atoms with Gasteiger partial charge < -0.3 is 10.1 Å². The van der Waals surface area contributed by atoms with Gasteiger partial charge in [0, 0.05) is 12.7 Å².